The summed E-state index contributed by atoms with van der Waals surface area (Å²) in [5.41, 5.74) is 0. The summed E-state index contributed by atoms with van der Waals surface area (Å²) in [7, 11) is 4.00. The first-order chi connectivity index (χ1) is 6.81. The summed E-state index contributed by atoms with van der Waals surface area (Å²) in [5.74, 6) is 1.92. The summed E-state index contributed by atoms with van der Waals surface area (Å²) in [6, 6.07) is 0.576. The van der Waals surface area contributed by atoms with Crippen molar-refractivity contribution in [3.8, 4) is 0 Å². The maximum absolute atomic E-state index is 4.26. The van der Waals surface area contributed by atoms with Gasteiger partial charge in [-0.2, -0.15) is 5.10 Å². The Bertz CT molecular complexity index is 290. The van der Waals surface area contributed by atoms with E-state index >= 15 is 0 Å². The normalized spacial score (nSPS) is 19.3. The minimum Gasteiger partial charge on any atom is -0.316 e. The highest BCUT2D eigenvalue weighted by atomic mass is 15.3. The molecule has 0 saturated heterocycles. The summed E-state index contributed by atoms with van der Waals surface area (Å²) >= 11 is 0. The second-order valence-electron chi connectivity index (χ2n) is 4.09. The fourth-order valence-corrected chi connectivity index (χ4v) is 2.05. The fourth-order valence-electron chi connectivity index (χ4n) is 2.05. The van der Waals surface area contributed by atoms with Crippen LogP contribution in [-0.4, -0.2) is 27.9 Å². The van der Waals surface area contributed by atoms with Gasteiger partial charge >= 0.3 is 0 Å². The maximum Gasteiger partial charge on any atom is 0.138 e. The summed E-state index contributed by atoms with van der Waals surface area (Å²) in [6.07, 6.45) is 6.74. The summed E-state index contributed by atoms with van der Waals surface area (Å²) in [6.45, 7) is 0. The zero-order chi connectivity index (χ0) is 9.97. The second-order valence-corrected chi connectivity index (χ2v) is 4.09. The molecule has 0 spiro atoms. The summed E-state index contributed by atoms with van der Waals surface area (Å²) in [5, 5.41) is 7.47. The number of hydrogen-bond acceptors (Lipinski definition) is 3. The molecular formula is C10H18N4. The van der Waals surface area contributed by atoms with E-state index in [1.807, 2.05) is 18.8 Å². The van der Waals surface area contributed by atoms with E-state index in [1.165, 1.54) is 19.3 Å². The van der Waals surface area contributed by atoms with Gasteiger partial charge in [0.05, 0.1) is 0 Å². The molecule has 4 nitrogen and oxygen atoms in total. The number of nitrogens with zero attached hydrogens (tertiary/aromatic N) is 3. The van der Waals surface area contributed by atoms with Crippen LogP contribution in [-0.2, 0) is 13.5 Å². The van der Waals surface area contributed by atoms with Crippen LogP contribution in [0.3, 0.4) is 0 Å². The van der Waals surface area contributed by atoms with Gasteiger partial charge in [0.15, 0.2) is 0 Å². The predicted molar refractivity (Wildman–Crippen MR) is 54.9 cm³/mol. The van der Waals surface area contributed by atoms with E-state index in [1.54, 1.807) is 6.33 Å². The Kier molecular flexibility index (Phi) is 2.82. The van der Waals surface area contributed by atoms with Gasteiger partial charge in [0.2, 0.25) is 0 Å². The van der Waals surface area contributed by atoms with Crippen molar-refractivity contribution >= 4 is 0 Å². The number of nitrogens with one attached hydrogen (secondary N) is 1. The molecule has 2 rings (SSSR count). The van der Waals surface area contributed by atoms with Gasteiger partial charge < -0.3 is 5.32 Å². The lowest BCUT2D eigenvalue weighted by Crippen LogP contribution is -2.39. The molecule has 1 fully saturated rings. The van der Waals surface area contributed by atoms with Gasteiger partial charge in [-0.05, 0) is 25.8 Å². The first kappa shape index (κ1) is 9.65. The van der Waals surface area contributed by atoms with Crippen LogP contribution >= 0.6 is 0 Å². The number of aromatic nitrogens is 3. The molecule has 4 heteroatoms. The van der Waals surface area contributed by atoms with Crippen LogP contribution in [0.5, 0.6) is 0 Å². The highest BCUT2D eigenvalue weighted by Crippen LogP contribution is 2.30. The van der Waals surface area contributed by atoms with Gasteiger partial charge in [-0.3, -0.25) is 4.68 Å². The van der Waals surface area contributed by atoms with Crippen molar-refractivity contribution in [3.05, 3.63) is 12.2 Å². The lowest BCUT2D eigenvalue weighted by atomic mass is 9.78. The highest BCUT2D eigenvalue weighted by molar-refractivity contribution is 4.93. The molecule has 1 heterocycles. The van der Waals surface area contributed by atoms with E-state index in [4.69, 9.17) is 0 Å². The zero-order valence-corrected chi connectivity index (χ0v) is 8.90. The molecule has 0 aliphatic heterocycles. The molecule has 1 aliphatic carbocycles. The monoisotopic (exact) mass is 194 g/mol. The van der Waals surface area contributed by atoms with Crippen molar-refractivity contribution in [1.29, 1.82) is 0 Å². The summed E-state index contributed by atoms with van der Waals surface area (Å²) < 4.78 is 1.86. The molecule has 1 atom stereocenters. The molecule has 0 bridgehead atoms. The van der Waals surface area contributed by atoms with Crippen molar-refractivity contribution < 1.29 is 0 Å². The Hall–Kier alpha value is -0.900. The van der Waals surface area contributed by atoms with Gasteiger partial charge in [-0.15, -0.1) is 0 Å². The third-order valence-electron chi connectivity index (χ3n) is 3.30. The minimum atomic E-state index is 0.576. The Morgan fingerprint density at radius 1 is 1.64 bits per heavy atom. The van der Waals surface area contributed by atoms with E-state index in [0.717, 1.165) is 18.2 Å². The van der Waals surface area contributed by atoms with Crippen molar-refractivity contribution in [3.63, 3.8) is 0 Å². The second kappa shape index (κ2) is 4.09. The molecular weight excluding hydrogens is 176 g/mol. The molecule has 1 unspecified atom stereocenters. The van der Waals surface area contributed by atoms with E-state index < -0.39 is 0 Å². The molecule has 0 amide bonds. The van der Waals surface area contributed by atoms with Gasteiger partial charge in [0, 0.05) is 19.5 Å². The quantitative estimate of drug-likeness (QED) is 0.769. The van der Waals surface area contributed by atoms with E-state index in [-0.39, 0.29) is 0 Å². The third-order valence-corrected chi connectivity index (χ3v) is 3.30. The maximum atomic E-state index is 4.26. The molecule has 78 valence electrons. The van der Waals surface area contributed by atoms with Gasteiger partial charge in [0.25, 0.3) is 0 Å². The molecule has 1 aromatic heterocycles. The van der Waals surface area contributed by atoms with E-state index in [2.05, 4.69) is 15.4 Å². The largest absolute Gasteiger partial charge is 0.316 e. The van der Waals surface area contributed by atoms with Crippen molar-refractivity contribution in [1.82, 2.24) is 20.1 Å². The van der Waals surface area contributed by atoms with Gasteiger partial charge in [-0.1, -0.05) is 6.42 Å². The molecule has 1 aromatic rings. The first-order valence-corrected chi connectivity index (χ1v) is 5.31. The molecule has 0 radical (unpaired) electrons. The van der Waals surface area contributed by atoms with Crippen LogP contribution in [0.4, 0.5) is 0 Å². The van der Waals surface area contributed by atoms with Crippen LogP contribution in [0.15, 0.2) is 6.33 Å². The van der Waals surface area contributed by atoms with Gasteiger partial charge in [-0.25, -0.2) is 4.98 Å². The SMILES string of the molecule is CNC(Cc1ncnn1C)C1CCC1. The van der Waals surface area contributed by atoms with Crippen molar-refractivity contribution in [2.24, 2.45) is 13.0 Å². The average Bonchev–Trinajstić information content (AvgIpc) is 2.47. The average molecular weight is 194 g/mol. The van der Waals surface area contributed by atoms with Crippen LogP contribution in [0, 0.1) is 5.92 Å². The smallest absolute Gasteiger partial charge is 0.138 e. The van der Waals surface area contributed by atoms with Crippen LogP contribution in [0.2, 0.25) is 0 Å². The third kappa shape index (κ3) is 1.80. The number of hydrogen-bond donors (Lipinski definition) is 1. The standard InChI is InChI=1S/C10H18N4/c1-11-9(8-4-3-5-8)6-10-12-7-13-14(10)2/h7-9,11H,3-6H2,1-2H3. The van der Waals surface area contributed by atoms with Crippen LogP contribution < -0.4 is 5.32 Å². The fraction of sp³-hybridized carbons (Fsp3) is 0.800. The lowest BCUT2D eigenvalue weighted by Gasteiger charge is -2.33. The van der Waals surface area contributed by atoms with Gasteiger partial charge in [0.1, 0.15) is 12.2 Å². The van der Waals surface area contributed by atoms with Crippen LogP contribution in [0.25, 0.3) is 0 Å². The minimum absolute atomic E-state index is 0.576. The van der Waals surface area contributed by atoms with Crippen molar-refractivity contribution in [2.45, 2.75) is 31.7 Å². The Morgan fingerprint density at radius 2 is 2.43 bits per heavy atom. The molecule has 14 heavy (non-hydrogen) atoms. The number of likely N-dealkylation sites (N-methyl/N-ethyl adjacent to an activating group) is 1. The first-order valence-electron chi connectivity index (χ1n) is 5.31. The molecule has 1 aliphatic rings. The predicted octanol–water partition coefficient (Wildman–Crippen LogP) is 0.746. The zero-order valence-electron chi connectivity index (χ0n) is 8.90. The highest BCUT2D eigenvalue weighted by Gasteiger charge is 2.27. The number of aryl methyl sites for hydroxylation is 1. The molecule has 1 N–H and O–H groups in total. The Labute approximate surface area is 84.7 Å². The topological polar surface area (TPSA) is 42.7 Å². The number of rotatable bonds is 4. The van der Waals surface area contributed by atoms with E-state index in [0.29, 0.717) is 6.04 Å². The Balaban J connectivity index is 1.97. The Morgan fingerprint density at radius 3 is 2.86 bits per heavy atom. The molecule has 0 aromatic carbocycles. The van der Waals surface area contributed by atoms with Crippen molar-refractivity contribution in [2.75, 3.05) is 7.05 Å². The summed E-state index contributed by atoms with van der Waals surface area (Å²) in [4.78, 5) is 4.26. The molecule has 1 saturated carbocycles. The van der Waals surface area contributed by atoms with Crippen LogP contribution in [0.1, 0.15) is 25.1 Å². The lowest BCUT2D eigenvalue weighted by molar-refractivity contribution is 0.232. The van der Waals surface area contributed by atoms with E-state index in [9.17, 15) is 0 Å².